The molecule has 0 radical (unpaired) electrons. The van der Waals surface area contributed by atoms with Gasteiger partial charge in [-0.15, -0.1) is 6.58 Å². The average Bonchev–Trinajstić information content (AvgIpc) is 2.45. The van der Waals surface area contributed by atoms with Crippen LogP contribution < -0.4 is 5.32 Å². The highest BCUT2D eigenvalue weighted by Gasteiger charge is 2.21. The Bertz CT molecular complexity index is 471. The summed E-state index contributed by atoms with van der Waals surface area (Å²) in [6.07, 6.45) is 2.52. The number of nitrogens with one attached hydrogen (secondary N) is 1. The zero-order valence-electron chi connectivity index (χ0n) is 11.9. The molecule has 0 atom stereocenters. The van der Waals surface area contributed by atoms with Crippen LogP contribution in [0, 0.1) is 0 Å². The lowest BCUT2D eigenvalue weighted by atomic mass is 10.2. The molecule has 7 nitrogen and oxygen atoms in total. The first kappa shape index (κ1) is 18.8. The maximum atomic E-state index is 11.7. The lowest BCUT2D eigenvalue weighted by Crippen LogP contribution is -2.21. The van der Waals surface area contributed by atoms with Gasteiger partial charge in [-0.2, -0.15) is 0 Å². The molecule has 0 amide bonds. The average molecular weight is 314 g/mol. The molecule has 0 bridgehead atoms. The van der Waals surface area contributed by atoms with Crippen LogP contribution in [0.4, 0.5) is 0 Å². The SMILES string of the molecule is C=CCNC(=S)/N=C/C(C(=O)OCC)=C(\O)C(=O)OCC. The number of hydrogen-bond donors (Lipinski definition) is 2. The summed E-state index contributed by atoms with van der Waals surface area (Å²) in [4.78, 5) is 26.9. The molecule has 0 aromatic rings. The number of carbonyl (C=O) groups is 2. The van der Waals surface area contributed by atoms with Gasteiger partial charge in [-0.3, -0.25) is 0 Å². The number of rotatable bonds is 7. The molecule has 0 saturated heterocycles. The van der Waals surface area contributed by atoms with E-state index in [-0.39, 0.29) is 18.3 Å². The molecule has 0 aromatic heterocycles. The van der Waals surface area contributed by atoms with Crippen LogP contribution in [0.25, 0.3) is 0 Å². The predicted molar refractivity (Wildman–Crippen MR) is 82.2 cm³/mol. The topological polar surface area (TPSA) is 97.2 Å². The number of hydrogen-bond acceptors (Lipinski definition) is 6. The van der Waals surface area contributed by atoms with E-state index in [0.717, 1.165) is 6.21 Å². The maximum absolute atomic E-state index is 11.7. The Balaban J connectivity index is 5.23. The quantitative estimate of drug-likeness (QED) is 0.181. The summed E-state index contributed by atoms with van der Waals surface area (Å²) in [5, 5.41) is 12.5. The van der Waals surface area contributed by atoms with Crippen molar-refractivity contribution in [2.75, 3.05) is 19.8 Å². The van der Waals surface area contributed by atoms with Crippen molar-refractivity contribution in [3.63, 3.8) is 0 Å². The van der Waals surface area contributed by atoms with Crippen molar-refractivity contribution in [2.24, 2.45) is 4.99 Å². The lowest BCUT2D eigenvalue weighted by molar-refractivity contribution is -0.143. The number of aliphatic imine (C=N–C) groups is 1. The van der Waals surface area contributed by atoms with E-state index in [9.17, 15) is 14.7 Å². The van der Waals surface area contributed by atoms with Crippen LogP contribution in [-0.4, -0.2) is 48.1 Å². The second kappa shape index (κ2) is 10.6. The second-order valence-corrected chi connectivity index (χ2v) is 3.82. The van der Waals surface area contributed by atoms with Gasteiger partial charge in [-0.25, -0.2) is 14.6 Å². The number of carbonyl (C=O) groups excluding carboxylic acids is 2. The van der Waals surface area contributed by atoms with Gasteiger partial charge < -0.3 is 19.9 Å². The van der Waals surface area contributed by atoms with Crippen molar-refractivity contribution in [2.45, 2.75) is 13.8 Å². The molecule has 8 heteroatoms. The summed E-state index contributed by atoms with van der Waals surface area (Å²) >= 11 is 4.86. The molecule has 116 valence electrons. The van der Waals surface area contributed by atoms with Crippen molar-refractivity contribution < 1.29 is 24.2 Å². The highest BCUT2D eigenvalue weighted by molar-refractivity contribution is 7.80. The van der Waals surface area contributed by atoms with E-state index in [2.05, 4.69) is 21.6 Å². The molecule has 0 spiro atoms. The van der Waals surface area contributed by atoms with Crippen LogP contribution in [0.1, 0.15) is 13.8 Å². The zero-order valence-corrected chi connectivity index (χ0v) is 12.7. The first-order valence-corrected chi connectivity index (χ1v) is 6.58. The summed E-state index contributed by atoms with van der Waals surface area (Å²) in [6, 6.07) is 0. The van der Waals surface area contributed by atoms with Crippen LogP contribution >= 0.6 is 12.2 Å². The Kier molecular flexibility index (Phi) is 9.44. The molecule has 0 fully saturated rings. The van der Waals surface area contributed by atoms with Crippen molar-refractivity contribution in [3.8, 4) is 0 Å². The minimum atomic E-state index is -1.04. The van der Waals surface area contributed by atoms with Crippen LogP contribution in [-0.2, 0) is 19.1 Å². The molecule has 0 rings (SSSR count). The van der Waals surface area contributed by atoms with E-state index in [1.807, 2.05) is 0 Å². The van der Waals surface area contributed by atoms with Gasteiger partial charge in [0.25, 0.3) is 0 Å². The number of esters is 2. The Hall–Kier alpha value is -2.22. The highest BCUT2D eigenvalue weighted by Crippen LogP contribution is 2.05. The Morgan fingerprint density at radius 2 is 1.86 bits per heavy atom. The smallest absolute Gasteiger partial charge is 0.374 e. The van der Waals surface area contributed by atoms with E-state index in [1.54, 1.807) is 19.9 Å². The van der Waals surface area contributed by atoms with Crippen LogP contribution in [0.15, 0.2) is 29.0 Å². The molecule has 2 N–H and O–H groups in total. The van der Waals surface area contributed by atoms with E-state index in [1.165, 1.54) is 0 Å². The third-order valence-electron chi connectivity index (χ3n) is 1.93. The molecule has 0 aliphatic heterocycles. The largest absolute Gasteiger partial charge is 0.501 e. The number of nitrogens with zero attached hydrogens (tertiary/aromatic N) is 1. The van der Waals surface area contributed by atoms with Crippen molar-refractivity contribution in [3.05, 3.63) is 24.0 Å². The van der Waals surface area contributed by atoms with Gasteiger partial charge in [-0.1, -0.05) is 6.08 Å². The molecule has 0 unspecified atom stereocenters. The molecule has 0 heterocycles. The van der Waals surface area contributed by atoms with E-state index >= 15 is 0 Å². The fourth-order valence-corrected chi connectivity index (χ4v) is 1.19. The van der Waals surface area contributed by atoms with E-state index in [0.29, 0.717) is 6.54 Å². The number of ether oxygens (including phenoxy) is 2. The minimum Gasteiger partial charge on any atom is -0.501 e. The lowest BCUT2D eigenvalue weighted by Gasteiger charge is -2.06. The summed E-state index contributed by atoms with van der Waals surface area (Å²) in [7, 11) is 0. The Labute approximate surface area is 128 Å². The van der Waals surface area contributed by atoms with Gasteiger partial charge >= 0.3 is 11.9 Å². The Morgan fingerprint density at radius 1 is 1.29 bits per heavy atom. The minimum absolute atomic E-state index is 0.0510. The summed E-state index contributed by atoms with van der Waals surface area (Å²) in [6.45, 7) is 7.16. The first-order chi connectivity index (χ1) is 9.97. The van der Waals surface area contributed by atoms with Gasteiger partial charge in [0.05, 0.1) is 13.2 Å². The van der Waals surface area contributed by atoms with Gasteiger partial charge in [0.15, 0.2) is 5.11 Å². The normalized spacial score (nSPS) is 11.5. The number of aliphatic hydroxyl groups excluding tert-OH is 1. The molecule has 0 aliphatic rings. The molecule has 0 aromatic carbocycles. The van der Waals surface area contributed by atoms with Crippen LogP contribution in [0.2, 0.25) is 0 Å². The van der Waals surface area contributed by atoms with Gasteiger partial charge in [0.2, 0.25) is 5.76 Å². The maximum Gasteiger partial charge on any atom is 0.374 e. The van der Waals surface area contributed by atoms with Gasteiger partial charge in [-0.05, 0) is 26.1 Å². The molecule has 0 aliphatic carbocycles. The third kappa shape index (κ3) is 7.21. The standard InChI is InChI=1S/C13H18N2O5S/c1-4-7-14-13(21)15-8-9(11(17)19-5-2)10(16)12(18)20-6-3/h4,8,16H,1,5-7H2,2-3H3,(H,14,21)/b10-9+,15-8+. The summed E-state index contributed by atoms with van der Waals surface area (Å²) in [5.41, 5.74) is -0.432. The molecular formula is C13H18N2O5S. The van der Waals surface area contributed by atoms with Crippen molar-refractivity contribution in [1.82, 2.24) is 5.32 Å². The summed E-state index contributed by atoms with van der Waals surface area (Å²) < 4.78 is 9.34. The zero-order chi connectivity index (χ0) is 16.3. The van der Waals surface area contributed by atoms with Crippen molar-refractivity contribution in [1.29, 1.82) is 0 Å². The van der Waals surface area contributed by atoms with Gasteiger partial charge in [0.1, 0.15) is 5.57 Å². The van der Waals surface area contributed by atoms with E-state index < -0.39 is 23.3 Å². The summed E-state index contributed by atoms with van der Waals surface area (Å²) in [5.74, 6) is -2.83. The molecule has 21 heavy (non-hydrogen) atoms. The van der Waals surface area contributed by atoms with E-state index in [4.69, 9.17) is 17.0 Å². The fourth-order valence-electron chi connectivity index (χ4n) is 1.06. The van der Waals surface area contributed by atoms with Gasteiger partial charge in [0, 0.05) is 12.8 Å². The molecule has 0 saturated carbocycles. The monoisotopic (exact) mass is 314 g/mol. The fraction of sp³-hybridized carbons (Fsp3) is 0.385. The number of thiocarbonyl (C=S) groups is 1. The Morgan fingerprint density at radius 3 is 2.38 bits per heavy atom. The number of aliphatic hydroxyl groups is 1. The second-order valence-electron chi connectivity index (χ2n) is 3.44. The highest BCUT2D eigenvalue weighted by atomic mass is 32.1. The third-order valence-corrected chi connectivity index (χ3v) is 2.18. The van der Waals surface area contributed by atoms with Crippen LogP contribution in [0.3, 0.4) is 0 Å². The first-order valence-electron chi connectivity index (χ1n) is 6.18. The predicted octanol–water partition coefficient (Wildman–Crippen LogP) is 1.06. The van der Waals surface area contributed by atoms with Crippen molar-refractivity contribution >= 4 is 35.5 Å². The molecular weight excluding hydrogens is 296 g/mol. The van der Waals surface area contributed by atoms with Crippen LogP contribution in [0.5, 0.6) is 0 Å².